The van der Waals surface area contributed by atoms with E-state index >= 15 is 0 Å². The maximum atomic E-state index is 12.4. The van der Waals surface area contributed by atoms with Crippen LogP contribution in [-0.2, 0) is 14.3 Å². The quantitative estimate of drug-likeness (QED) is 0.0330. The molecular formula is C46H87NO5. The molecule has 0 spiro atoms. The van der Waals surface area contributed by atoms with Crippen LogP contribution in [-0.4, -0.2) is 47.4 Å². The molecule has 306 valence electrons. The van der Waals surface area contributed by atoms with Gasteiger partial charge in [0.15, 0.2) is 0 Å². The molecule has 0 bridgehead atoms. The Labute approximate surface area is 322 Å². The molecule has 0 saturated carbocycles. The molecule has 1 amide bonds. The second-order valence-corrected chi connectivity index (χ2v) is 15.4. The number of carbonyl (C=O) groups is 2. The van der Waals surface area contributed by atoms with Crippen molar-refractivity contribution >= 4 is 11.9 Å². The summed E-state index contributed by atoms with van der Waals surface area (Å²) in [4.78, 5) is 24.4. The van der Waals surface area contributed by atoms with Crippen LogP contribution in [0.3, 0.4) is 0 Å². The van der Waals surface area contributed by atoms with Gasteiger partial charge in [0.05, 0.1) is 25.4 Å². The van der Waals surface area contributed by atoms with Gasteiger partial charge in [0, 0.05) is 12.8 Å². The number of aliphatic hydroxyl groups excluding tert-OH is 2. The van der Waals surface area contributed by atoms with Crippen molar-refractivity contribution in [1.29, 1.82) is 0 Å². The zero-order chi connectivity index (χ0) is 38.0. The molecule has 0 radical (unpaired) electrons. The van der Waals surface area contributed by atoms with Crippen molar-refractivity contribution in [1.82, 2.24) is 5.32 Å². The lowest BCUT2D eigenvalue weighted by molar-refractivity contribution is -0.143. The van der Waals surface area contributed by atoms with E-state index in [0.29, 0.717) is 19.4 Å². The van der Waals surface area contributed by atoms with Crippen LogP contribution in [0.4, 0.5) is 0 Å². The molecule has 0 aliphatic carbocycles. The lowest BCUT2D eigenvalue weighted by Gasteiger charge is -2.20. The van der Waals surface area contributed by atoms with Crippen molar-refractivity contribution in [2.75, 3.05) is 13.2 Å². The predicted octanol–water partition coefficient (Wildman–Crippen LogP) is 12.8. The number of rotatable bonds is 41. The van der Waals surface area contributed by atoms with E-state index in [9.17, 15) is 19.8 Å². The molecule has 52 heavy (non-hydrogen) atoms. The molecule has 0 fully saturated rings. The van der Waals surface area contributed by atoms with Crippen molar-refractivity contribution in [3.63, 3.8) is 0 Å². The average Bonchev–Trinajstić information content (AvgIpc) is 3.14. The highest BCUT2D eigenvalue weighted by atomic mass is 16.5. The number of nitrogens with one attached hydrogen (secondary N) is 1. The molecule has 3 N–H and O–H groups in total. The van der Waals surface area contributed by atoms with Gasteiger partial charge in [-0.05, 0) is 57.8 Å². The number of aliphatic hydroxyl groups is 2. The number of allylic oxidation sites excluding steroid dienone is 3. The molecule has 0 saturated heterocycles. The molecule has 0 aromatic carbocycles. The first kappa shape index (κ1) is 50.3. The second-order valence-electron chi connectivity index (χ2n) is 15.4. The Kier molecular flexibility index (Phi) is 40.7. The first-order valence-corrected chi connectivity index (χ1v) is 22.6. The van der Waals surface area contributed by atoms with Gasteiger partial charge in [-0.25, -0.2) is 0 Å². The van der Waals surface area contributed by atoms with Gasteiger partial charge in [-0.15, -0.1) is 0 Å². The maximum absolute atomic E-state index is 12.4. The van der Waals surface area contributed by atoms with Crippen molar-refractivity contribution in [2.45, 2.75) is 244 Å². The zero-order valence-corrected chi connectivity index (χ0v) is 34.5. The summed E-state index contributed by atoms with van der Waals surface area (Å²) >= 11 is 0. The summed E-state index contributed by atoms with van der Waals surface area (Å²) in [6, 6.07) is -0.646. The largest absolute Gasteiger partial charge is 0.466 e. The van der Waals surface area contributed by atoms with E-state index in [2.05, 4.69) is 31.3 Å². The molecule has 2 atom stereocenters. The fourth-order valence-corrected chi connectivity index (χ4v) is 6.68. The molecule has 2 unspecified atom stereocenters. The highest BCUT2D eigenvalue weighted by molar-refractivity contribution is 5.76. The smallest absolute Gasteiger partial charge is 0.305 e. The van der Waals surface area contributed by atoms with Crippen LogP contribution in [0, 0.1) is 0 Å². The molecule has 6 heteroatoms. The van der Waals surface area contributed by atoms with Gasteiger partial charge in [-0.1, -0.05) is 186 Å². The number of esters is 1. The highest BCUT2D eigenvalue weighted by Crippen LogP contribution is 2.14. The number of hydrogen-bond acceptors (Lipinski definition) is 5. The number of ether oxygens (including phenoxy) is 1. The lowest BCUT2D eigenvalue weighted by atomic mass is 10.0. The monoisotopic (exact) mass is 734 g/mol. The normalized spacial score (nSPS) is 12.9. The van der Waals surface area contributed by atoms with Crippen LogP contribution in [0.25, 0.3) is 0 Å². The summed E-state index contributed by atoms with van der Waals surface area (Å²) < 4.78 is 5.42. The van der Waals surface area contributed by atoms with E-state index in [1.165, 1.54) is 148 Å². The standard InChI is InChI=1S/C46H87NO5/c1-3-5-7-9-11-13-15-17-19-22-26-30-34-38-44(49)43(42-48)47-45(50)39-35-31-27-23-21-25-29-33-37-41-52-46(51)40-36-32-28-24-20-18-16-14-12-10-8-6-4-2/h14,16,34,38,43-44,48-49H,3-13,15,17-33,35-37,39-42H2,1-2H3,(H,47,50)/b16-14-,38-34+. The van der Waals surface area contributed by atoms with Crippen molar-refractivity contribution in [3.8, 4) is 0 Å². The van der Waals surface area contributed by atoms with Gasteiger partial charge in [0.2, 0.25) is 5.91 Å². The summed E-state index contributed by atoms with van der Waals surface area (Å²) in [5.74, 6) is -0.135. The highest BCUT2D eigenvalue weighted by Gasteiger charge is 2.18. The second kappa shape index (κ2) is 42.1. The minimum Gasteiger partial charge on any atom is -0.466 e. The van der Waals surface area contributed by atoms with Crippen LogP contribution in [0.2, 0.25) is 0 Å². The Bertz CT molecular complexity index is 813. The zero-order valence-electron chi connectivity index (χ0n) is 34.5. The Morgan fingerprint density at radius 2 is 0.904 bits per heavy atom. The Morgan fingerprint density at radius 1 is 0.519 bits per heavy atom. The van der Waals surface area contributed by atoms with Crippen LogP contribution in [0.15, 0.2) is 24.3 Å². The van der Waals surface area contributed by atoms with Crippen LogP contribution in [0.1, 0.15) is 232 Å². The third-order valence-electron chi connectivity index (χ3n) is 10.2. The SMILES string of the molecule is CCCCCC/C=C\CCCCCCCC(=O)OCCCCCCCCCCCC(=O)NC(CO)C(O)/C=C/CCCCCCCCCCCCC. The third kappa shape index (κ3) is 38.1. The van der Waals surface area contributed by atoms with Gasteiger partial charge in [0.1, 0.15) is 0 Å². The first-order valence-electron chi connectivity index (χ1n) is 22.6. The molecule has 0 rings (SSSR count). The molecule has 0 aliphatic heterocycles. The number of amides is 1. The van der Waals surface area contributed by atoms with E-state index in [0.717, 1.165) is 57.8 Å². The van der Waals surface area contributed by atoms with Gasteiger partial charge in [0.25, 0.3) is 0 Å². The molecule has 6 nitrogen and oxygen atoms in total. The predicted molar refractivity (Wildman–Crippen MR) is 223 cm³/mol. The Balaban J connectivity index is 3.55. The van der Waals surface area contributed by atoms with Crippen LogP contribution < -0.4 is 5.32 Å². The van der Waals surface area contributed by atoms with Gasteiger partial charge < -0.3 is 20.3 Å². The minimum absolute atomic E-state index is 0.0374. The summed E-state index contributed by atoms with van der Waals surface area (Å²) in [6.07, 6.45) is 47.3. The number of hydrogen-bond donors (Lipinski definition) is 3. The summed E-state index contributed by atoms with van der Waals surface area (Å²) in [5, 5.41) is 22.9. The molecule has 0 aromatic heterocycles. The van der Waals surface area contributed by atoms with Crippen molar-refractivity contribution in [2.24, 2.45) is 0 Å². The molecular weight excluding hydrogens is 647 g/mol. The van der Waals surface area contributed by atoms with Gasteiger partial charge in [-0.2, -0.15) is 0 Å². The van der Waals surface area contributed by atoms with Crippen molar-refractivity contribution in [3.05, 3.63) is 24.3 Å². The molecule has 0 aliphatic rings. The lowest BCUT2D eigenvalue weighted by Crippen LogP contribution is -2.45. The number of unbranched alkanes of at least 4 members (excludes halogenated alkanes) is 28. The summed E-state index contributed by atoms with van der Waals surface area (Å²) in [5.41, 5.74) is 0. The Hall–Kier alpha value is -1.66. The van der Waals surface area contributed by atoms with Crippen molar-refractivity contribution < 1.29 is 24.5 Å². The van der Waals surface area contributed by atoms with E-state index in [1.54, 1.807) is 6.08 Å². The minimum atomic E-state index is -0.860. The van der Waals surface area contributed by atoms with Crippen LogP contribution in [0.5, 0.6) is 0 Å². The first-order chi connectivity index (χ1) is 25.5. The third-order valence-corrected chi connectivity index (χ3v) is 10.2. The fourth-order valence-electron chi connectivity index (χ4n) is 6.68. The van der Waals surface area contributed by atoms with Gasteiger partial charge in [-0.3, -0.25) is 9.59 Å². The molecule has 0 aromatic rings. The van der Waals surface area contributed by atoms with Crippen LogP contribution >= 0.6 is 0 Å². The molecule has 0 heterocycles. The summed E-state index contributed by atoms with van der Waals surface area (Å²) in [7, 11) is 0. The van der Waals surface area contributed by atoms with E-state index in [-0.39, 0.29) is 18.5 Å². The van der Waals surface area contributed by atoms with E-state index in [4.69, 9.17) is 4.74 Å². The average molecular weight is 734 g/mol. The Morgan fingerprint density at radius 3 is 1.38 bits per heavy atom. The van der Waals surface area contributed by atoms with Gasteiger partial charge >= 0.3 is 5.97 Å². The fraction of sp³-hybridized carbons (Fsp3) is 0.870. The topological polar surface area (TPSA) is 95.9 Å². The van der Waals surface area contributed by atoms with E-state index in [1.807, 2.05) is 6.08 Å². The number of carbonyl (C=O) groups excluding carboxylic acids is 2. The van der Waals surface area contributed by atoms with E-state index < -0.39 is 12.1 Å². The summed E-state index contributed by atoms with van der Waals surface area (Å²) in [6.45, 7) is 4.80. The maximum Gasteiger partial charge on any atom is 0.305 e.